The van der Waals surface area contributed by atoms with Gasteiger partial charge >= 0.3 is 0 Å². The number of rotatable bonds is 6. The van der Waals surface area contributed by atoms with Crippen molar-refractivity contribution in [3.05, 3.63) is 46.4 Å². The lowest BCUT2D eigenvalue weighted by atomic mass is 10.1. The predicted molar refractivity (Wildman–Crippen MR) is 98.9 cm³/mol. The van der Waals surface area contributed by atoms with Crippen LogP contribution in [0.4, 0.5) is 5.69 Å². The van der Waals surface area contributed by atoms with E-state index in [4.69, 9.17) is 0 Å². The Balaban J connectivity index is 1.68. The first-order valence-electron chi connectivity index (χ1n) is 8.80. The summed E-state index contributed by atoms with van der Waals surface area (Å²) < 4.78 is 0. The van der Waals surface area contributed by atoms with Crippen molar-refractivity contribution >= 4 is 23.4 Å². The summed E-state index contributed by atoms with van der Waals surface area (Å²) in [5.41, 5.74) is 1.67. The van der Waals surface area contributed by atoms with Crippen molar-refractivity contribution < 1.29 is 14.4 Å². The summed E-state index contributed by atoms with van der Waals surface area (Å²) >= 11 is 0. The SMILES string of the molecule is CCc1cc(=O)[nH]c(-c2cccc(NC(=O)CCN3C(=O)CCC3=O)c2)n1. The molecule has 2 N–H and O–H groups in total. The molecule has 1 fully saturated rings. The van der Waals surface area contributed by atoms with Gasteiger partial charge in [0, 0.05) is 48.8 Å². The van der Waals surface area contributed by atoms with Crippen LogP contribution in [0.25, 0.3) is 11.4 Å². The Bertz CT molecular complexity index is 935. The van der Waals surface area contributed by atoms with Crippen LogP contribution < -0.4 is 10.9 Å². The third-order valence-corrected chi connectivity index (χ3v) is 4.29. The molecule has 0 atom stereocenters. The Morgan fingerprint density at radius 1 is 1.19 bits per heavy atom. The molecule has 1 aromatic heterocycles. The van der Waals surface area contributed by atoms with Crippen LogP contribution in [0.5, 0.6) is 0 Å². The number of aromatic nitrogens is 2. The van der Waals surface area contributed by atoms with Gasteiger partial charge in [0.15, 0.2) is 0 Å². The van der Waals surface area contributed by atoms with E-state index < -0.39 is 0 Å². The van der Waals surface area contributed by atoms with Gasteiger partial charge in [-0.2, -0.15) is 0 Å². The number of benzene rings is 1. The minimum Gasteiger partial charge on any atom is -0.326 e. The van der Waals surface area contributed by atoms with Crippen LogP contribution in [0.15, 0.2) is 35.1 Å². The Labute approximate surface area is 155 Å². The number of imide groups is 1. The molecule has 140 valence electrons. The quantitative estimate of drug-likeness (QED) is 0.750. The summed E-state index contributed by atoms with van der Waals surface area (Å²) in [5.74, 6) is -0.339. The summed E-state index contributed by atoms with van der Waals surface area (Å²) in [4.78, 5) is 55.3. The van der Waals surface area contributed by atoms with Crippen LogP contribution in [0.2, 0.25) is 0 Å². The van der Waals surface area contributed by atoms with Crippen molar-refractivity contribution in [1.29, 1.82) is 0 Å². The molecule has 0 bridgehead atoms. The number of likely N-dealkylation sites (tertiary alicyclic amines) is 1. The van der Waals surface area contributed by atoms with E-state index in [1.807, 2.05) is 6.92 Å². The zero-order chi connectivity index (χ0) is 19.4. The van der Waals surface area contributed by atoms with E-state index in [1.165, 1.54) is 6.07 Å². The maximum absolute atomic E-state index is 12.2. The van der Waals surface area contributed by atoms with Crippen molar-refractivity contribution in [3.8, 4) is 11.4 Å². The molecule has 27 heavy (non-hydrogen) atoms. The van der Waals surface area contributed by atoms with Crippen LogP contribution in [0.1, 0.15) is 31.9 Å². The summed E-state index contributed by atoms with van der Waals surface area (Å²) in [7, 11) is 0. The van der Waals surface area contributed by atoms with Crippen molar-refractivity contribution in [1.82, 2.24) is 14.9 Å². The first kappa shape index (κ1) is 18.5. The molecular formula is C19H20N4O4. The average Bonchev–Trinajstić information content (AvgIpc) is 2.97. The second kappa shape index (κ2) is 7.94. The van der Waals surface area contributed by atoms with Gasteiger partial charge in [-0.1, -0.05) is 19.1 Å². The number of aryl methyl sites for hydroxylation is 1. The molecule has 3 amide bonds. The molecule has 0 spiro atoms. The topological polar surface area (TPSA) is 112 Å². The van der Waals surface area contributed by atoms with E-state index in [-0.39, 0.29) is 49.1 Å². The first-order valence-corrected chi connectivity index (χ1v) is 8.80. The molecule has 0 radical (unpaired) electrons. The van der Waals surface area contributed by atoms with E-state index in [0.717, 1.165) is 4.90 Å². The van der Waals surface area contributed by atoms with Crippen LogP contribution in [0.3, 0.4) is 0 Å². The molecule has 8 nitrogen and oxygen atoms in total. The van der Waals surface area contributed by atoms with Gasteiger partial charge in [-0.25, -0.2) is 4.98 Å². The average molecular weight is 368 g/mol. The second-order valence-electron chi connectivity index (χ2n) is 6.26. The number of amides is 3. The molecule has 1 aliphatic heterocycles. The highest BCUT2D eigenvalue weighted by Gasteiger charge is 2.28. The number of nitrogens with zero attached hydrogens (tertiary/aromatic N) is 2. The molecule has 8 heteroatoms. The molecule has 0 saturated carbocycles. The molecular weight excluding hydrogens is 348 g/mol. The highest BCUT2D eigenvalue weighted by atomic mass is 16.2. The minimum atomic E-state index is -0.302. The molecule has 2 aromatic rings. The fraction of sp³-hybridized carbons (Fsp3) is 0.316. The maximum Gasteiger partial charge on any atom is 0.251 e. The molecule has 1 saturated heterocycles. The number of H-pyrrole nitrogens is 1. The van der Waals surface area contributed by atoms with Crippen molar-refractivity contribution in [2.75, 3.05) is 11.9 Å². The minimum absolute atomic E-state index is 0.0299. The molecule has 2 heterocycles. The molecule has 3 rings (SSSR count). The lowest BCUT2D eigenvalue weighted by Crippen LogP contribution is -2.32. The highest BCUT2D eigenvalue weighted by molar-refractivity contribution is 6.02. The summed E-state index contributed by atoms with van der Waals surface area (Å²) in [6.45, 7) is 1.99. The number of hydrogen-bond donors (Lipinski definition) is 2. The van der Waals surface area contributed by atoms with Gasteiger partial charge in [0.2, 0.25) is 17.7 Å². The van der Waals surface area contributed by atoms with E-state index >= 15 is 0 Å². The fourth-order valence-corrected chi connectivity index (χ4v) is 2.88. The predicted octanol–water partition coefficient (Wildman–Crippen LogP) is 1.48. The van der Waals surface area contributed by atoms with Crippen LogP contribution in [-0.4, -0.2) is 39.1 Å². The van der Waals surface area contributed by atoms with Crippen LogP contribution in [0, 0.1) is 0 Å². The summed E-state index contributed by atoms with van der Waals surface area (Å²) in [6.07, 6.45) is 1.10. The van der Waals surface area contributed by atoms with Gasteiger partial charge in [0.25, 0.3) is 5.56 Å². The van der Waals surface area contributed by atoms with E-state index in [2.05, 4.69) is 15.3 Å². The monoisotopic (exact) mass is 368 g/mol. The standard InChI is InChI=1S/C19H20N4O4/c1-2-13-11-16(25)22-19(21-13)12-4-3-5-14(10-12)20-15(24)8-9-23-17(26)6-7-18(23)27/h3-5,10-11H,2,6-9H2,1H3,(H,20,24)(H,21,22,25). The number of nitrogens with one attached hydrogen (secondary N) is 2. The van der Waals surface area contributed by atoms with Gasteiger partial charge in [0.1, 0.15) is 5.82 Å². The Kier molecular flexibility index (Phi) is 5.44. The normalized spacial score (nSPS) is 13.9. The lowest BCUT2D eigenvalue weighted by molar-refractivity contribution is -0.138. The van der Waals surface area contributed by atoms with Gasteiger partial charge in [-0.15, -0.1) is 0 Å². The third-order valence-electron chi connectivity index (χ3n) is 4.29. The largest absolute Gasteiger partial charge is 0.326 e. The lowest BCUT2D eigenvalue weighted by Gasteiger charge is -2.13. The van der Waals surface area contributed by atoms with Gasteiger partial charge < -0.3 is 10.3 Å². The Morgan fingerprint density at radius 2 is 1.93 bits per heavy atom. The number of carbonyl (C=O) groups excluding carboxylic acids is 3. The van der Waals surface area contributed by atoms with Crippen molar-refractivity contribution in [2.45, 2.75) is 32.6 Å². The number of aromatic amines is 1. The molecule has 1 aromatic carbocycles. The van der Waals surface area contributed by atoms with Crippen molar-refractivity contribution in [2.24, 2.45) is 0 Å². The number of hydrogen-bond acceptors (Lipinski definition) is 5. The summed E-state index contributed by atoms with van der Waals surface area (Å²) in [5, 5.41) is 2.74. The molecule has 0 unspecified atom stereocenters. The van der Waals surface area contributed by atoms with Gasteiger partial charge in [-0.3, -0.25) is 24.1 Å². The fourth-order valence-electron chi connectivity index (χ4n) is 2.88. The maximum atomic E-state index is 12.2. The Morgan fingerprint density at radius 3 is 2.63 bits per heavy atom. The zero-order valence-electron chi connectivity index (χ0n) is 14.9. The van der Waals surface area contributed by atoms with Gasteiger partial charge in [0.05, 0.1) is 0 Å². The number of anilines is 1. The summed E-state index contributed by atoms with van der Waals surface area (Å²) in [6, 6.07) is 8.42. The van der Waals surface area contributed by atoms with Crippen molar-refractivity contribution in [3.63, 3.8) is 0 Å². The smallest absolute Gasteiger partial charge is 0.251 e. The number of carbonyl (C=O) groups is 3. The van der Waals surface area contributed by atoms with Crippen LogP contribution >= 0.6 is 0 Å². The first-order chi connectivity index (χ1) is 13.0. The molecule has 1 aliphatic rings. The van der Waals surface area contributed by atoms with Gasteiger partial charge in [-0.05, 0) is 18.6 Å². The second-order valence-corrected chi connectivity index (χ2v) is 6.26. The van der Waals surface area contributed by atoms with E-state index in [9.17, 15) is 19.2 Å². The van der Waals surface area contributed by atoms with E-state index in [1.54, 1.807) is 24.3 Å². The third kappa shape index (κ3) is 4.46. The molecule has 0 aliphatic carbocycles. The Hall–Kier alpha value is -3.29. The van der Waals surface area contributed by atoms with E-state index in [0.29, 0.717) is 29.2 Å². The van der Waals surface area contributed by atoms with Crippen LogP contribution in [-0.2, 0) is 20.8 Å². The zero-order valence-corrected chi connectivity index (χ0v) is 14.9. The highest BCUT2D eigenvalue weighted by Crippen LogP contribution is 2.19.